The van der Waals surface area contributed by atoms with Crippen molar-refractivity contribution in [1.29, 1.82) is 0 Å². The number of esters is 1. The third-order valence-electron chi connectivity index (χ3n) is 3.77. The topological polar surface area (TPSA) is 105 Å². The molecule has 0 N–H and O–H groups in total. The van der Waals surface area contributed by atoms with E-state index in [0.29, 0.717) is 14.9 Å². The molecule has 2 aromatic rings. The van der Waals surface area contributed by atoms with Gasteiger partial charge in [-0.2, -0.15) is 0 Å². The second kappa shape index (κ2) is 6.23. The van der Waals surface area contributed by atoms with Gasteiger partial charge in [-0.1, -0.05) is 11.8 Å². The predicted molar refractivity (Wildman–Crippen MR) is 93.4 cm³/mol. The van der Waals surface area contributed by atoms with Gasteiger partial charge in [0.25, 0.3) is 5.56 Å². The minimum atomic E-state index is -0.713. The second-order valence-corrected chi connectivity index (χ2v) is 7.48. The Kier molecular flexibility index (Phi) is 4.37. The van der Waals surface area contributed by atoms with Gasteiger partial charge < -0.3 is 9.30 Å². The van der Waals surface area contributed by atoms with Crippen LogP contribution in [-0.4, -0.2) is 37.5 Å². The van der Waals surface area contributed by atoms with Crippen molar-refractivity contribution in [3.05, 3.63) is 30.6 Å². The molecule has 0 atom stereocenters. The van der Waals surface area contributed by atoms with Crippen molar-refractivity contribution in [1.82, 2.24) is 18.7 Å². The van der Waals surface area contributed by atoms with Gasteiger partial charge in [-0.25, -0.2) is 14.6 Å². The number of rotatable bonds is 2. The number of carbonyl (C=O) groups is 2. The smallest absolute Gasteiger partial charge is 0.343 e. The number of aromatic nitrogens is 4. The number of methoxy groups -OCH3 is 1. The van der Waals surface area contributed by atoms with Crippen LogP contribution in [0.3, 0.4) is 0 Å². The van der Waals surface area contributed by atoms with E-state index < -0.39 is 23.0 Å². The lowest BCUT2D eigenvalue weighted by molar-refractivity contribution is -0.137. The Hall–Kier alpha value is -2.27. The molecule has 0 aromatic carbocycles. The number of nitrogens with zero attached hydrogens (tertiary/aromatic N) is 4. The van der Waals surface area contributed by atoms with Crippen LogP contribution < -0.4 is 11.2 Å². The van der Waals surface area contributed by atoms with E-state index in [2.05, 4.69) is 9.72 Å². The lowest BCUT2D eigenvalue weighted by Crippen LogP contribution is -2.37. The molecule has 2 aromatic heterocycles. The molecule has 11 heteroatoms. The highest BCUT2D eigenvalue weighted by Crippen LogP contribution is 2.43. The minimum absolute atomic E-state index is 0.0439. The molecule has 0 fully saturated rings. The van der Waals surface area contributed by atoms with Crippen LogP contribution in [0.5, 0.6) is 0 Å². The van der Waals surface area contributed by atoms with Crippen molar-refractivity contribution in [3.63, 3.8) is 0 Å². The van der Waals surface area contributed by atoms with Crippen LogP contribution in [0.4, 0.5) is 0 Å². The summed E-state index contributed by atoms with van der Waals surface area (Å²) in [6.45, 7) is 1.29. The highest BCUT2D eigenvalue weighted by Gasteiger charge is 2.29. The Morgan fingerprint density at radius 2 is 1.88 bits per heavy atom. The molecule has 132 valence electrons. The van der Waals surface area contributed by atoms with Gasteiger partial charge in [0, 0.05) is 14.1 Å². The monoisotopic (exact) mass is 382 g/mol. The average molecular weight is 382 g/mol. The quantitative estimate of drug-likeness (QED) is 0.314. The number of Topliss-reactive ketones (excluding diaryl/α,β-unsaturated/α-hetero) is 1. The van der Waals surface area contributed by atoms with Gasteiger partial charge >= 0.3 is 11.7 Å². The number of hydrogen-bond donors (Lipinski definition) is 0. The summed E-state index contributed by atoms with van der Waals surface area (Å²) in [6, 6.07) is 0. The largest absolute Gasteiger partial charge is 0.465 e. The average Bonchev–Trinajstić information content (AvgIpc) is 2.96. The molecule has 3 rings (SSSR count). The first-order valence-electron chi connectivity index (χ1n) is 7.08. The summed E-state index contributed by atoms with van der Waals surface area (Å²) >= 11 is 2.34. The standard InChI is InChI=1S/C14H14N4O5S2/c1-6(19)7(11(21)23-4)12-24-5-18-8-9(15-13(18)25-12)16(2)14(22)17(3)10(8)20/h5H2,1-4H3. The van der Waals surface area contributed by atoms with E-state index in [1.165, 1.54) is 44.5 Å². The Morgan fingerprint density at radius 3 is 2.48 bits per heavy atom. The van der Waals surface area contributed by atoms with Crippen LogP contribution in [-0.2, 0) is 34.3 Å². The predicted octanol–water partition coefficient (Wildman–Crippen LogP) is 0.204. The number of hydrogen-bond acceptors (Lipinski definition) is 8. The Bertz CT molecular complexity index is 1080. The first-order chi connectivity index (χ1) is 11.8. The van der Waals surface area contributed by atoms with Gasteiger partial charge in [0.1, 0.15) is 5.57 Å². The van der Waals surface area contributed by atoms with Gasteiger partial charge in [-0.05, 0) is 18.7 Å². The molecule has 0 amide bonds. The zero-order valence-corrected chi connectivity index (χ0v) is 15.5. The molecule has 0 bridgehead atoms. The highest BCUT2D eigenvalue weighted by molar-refractivity contribution is 8.22. The molecule has 25 heavy (non-hydrogen) atoms. The molecule has 0 saturated carbocycles. The Labute approximate surface area is 149 Å². The van der Waals surface area contributed by atoms with Crippen molar-refractivity contribution in [2.75, 3.05) is 7.11 Å². The molecule has 0 saturated heterocycles. The summed E-state index contributed by atoms with van der Waals surface area (Å²) in [6.07, 6.45) is 0. The van der Waals surface area contributed by atoms with Crippen molar-refractivity contribution < 1.29 is 14.3 Å². The first kappa shape index (κ1) is 17.5. The maximum atomic E-state index is 12.4. The van der Waals surface area contributed by atoms with E-state index in [0.717, 1.165) is 16.3 Å². The molecule has 0 aliphatic carbocycles. The summed E-state index contributed by atoms with van der Waals surface area (Å²) < 4.78 is 9.12. The minimum Gasteiger partial charge on any atom is -0.465 e. The molecular weight excluding hydrogens is 368 g/mol. The van der Waals surface area contributed by atoms with Gasteiger partial charge in [-0.15, -0.1) is 0 Å². The van der Waals surface area contributed by atoms with Crippen LogP contribution in [0.1, 0.15) is 6.92 Å². The van der Waals surface area contributed by atoms with Crippen LogP contribution >= 0.6 is 23.5 Å². The van der Waals surface area contributed by atoms with Crippen LogP contribution in [0.15, 0.2) is 24.6 Å². The number of fused-ring (bicyclic) bond motifs is 3. The number of thioether (sulfide) groups is 2. The first-order valence-corrected chi connectivity index (χ1v) is 8.88. The number of ketones is 1. The van der Waals surface area contributed by atoms with Crippen LogP contribution in [0, 0.1) is 0 Å². The van der Waals surface area contributed by atoms with Gasteiger partial charge in [0.15, 0.2) is 22.1 Å². The molecule has 1 aliphatic rings. The summed E-state index contributed by atoms with van der Waals surface area (Å²) in [4.78, 5) is 52.6. The van der Waals surface area contributed by atoms with E-state index in [4.69, 9.17) is 0 Å². The van der Waals surface area contributed by atoms with Crippen molar-refractivity contribution in [2.45, 2.75) is 18.0 Å². The molecular formula is C14H14N4O5S2. The van der Waals surface area contributed by atoms with Gasteiger partial charge in [0.05, 0.1) is 17.2 Å². The van der Waals surface area contributed by atoms with E-state index in [9.17, 15) is 19.2 Å². The number of imidazole rings is 1. The molecule has 3 heterocycles. The lowest BCUT2D eigenvalue weighted by Gasteiger charge is -2.17. The van der Waals surface area contributed by atoms with Crippen molar-refractivity contribution in [3.8, 4) is 0 Å². The van der Waals surface area contributed by atoms with Gasteiger partial charge in [-0.3, -0.25) is 18.7 Å². The summed E-state index contributed by atoms with van der Waals surface area (Å²) in [5.41, 5.74) is -0.385. The van der Waals surface area contributed by atoms with Crippen molar-refractivity contribution >= 4 is 46.4 Å². The maximum Gasteiger partial charge on any atom is 0.343 e. The van der Waals surface area contributed by atoms with Crippen LogP contribution in [0.25, 0.3) is 11.2 Å². The summed E-state index contributed by atoms with van der Waals surface area (Å²) in [5, 5.41) is 0.435. The SMILES string of the molecule is COC(=O)C(C(C)=O)=C1SCn2c(nc3c2c(=O)n(C)c(=O)n3C)S1. The number of carbonyl (C=O) groups excluding carboxylic acids is 2. The van der Waals surface area contributed by atoms with E-state index in [-0.39, 0.29) is 17.1 Å². The zero-order chi connectivity index (χ0) is 18.5. The maximum absolute atomic E-state index is 12.4. The fourth-order valence-corrected chi connectivity index (χ4v) is 4.92. The highest BCUT2D eigenvalue weighted by atomic mass is 32.2. The van der Waals surface area contributed by atoms with E-state index >= 15 is 0 Å². The van der Waals surface area contributed by atoms with Crippen LogP contribution in [0.2, 0.25) is 0 Å². The lowest BCUT2D eigenvalue weighted by atomic mass is 10.2. The molecule has 0 spiro atoms. The van der Waals surface area contributed by atoms with E-state index in [1.54, 1.807) is 4.57 Å². The number of ether oxygens (including phenoxy) is 1. The molecule has 1 aliphatic heterocycles. The van der Waals surface area contributed by atoms with E-state index in [1.807, 2.05) is 0 Å². The van der Waals surface area contributed by atoms with Crippen molar-refractivity contribution in [2.24, 2.45) is 14.1 Å². The molecule has 0 radical (unpaired) electrons. The summed E-state index contributed by atoms with van der Waals surface area (Å²) in [7, 11) is 4.15. The molecule has 9 nitrogen and oxygen atoms in total. The normalized spacial score (nSPS) is 15.8. The fourth-order valence-electron chi connectivity index (χ4n) is 2.46. The Morgan fingerprint density at radius 1 is 1.20 bits per heavy atom. The third kappa shape index (κ3) is 2.63. The summed E-state index contributed by atoms with van der Waals surface area (Å²) in [5.74, 6) is -0.833. The second-order valence-electron chi connectivity index (χ2n) is 5.29. The number of aryl methyl sites for hydroxylation is 1. The fraction of sp³-hybridized carbons (Fsp3) is 0.357. The van der Waals surface area contributed by atoms with Gasteiger partial charge in [0.2, 0.25) is 0 Å². The molecule has 0 unspecified atom stereocenters. The third-order valence-corrected chi connectivity index (χ3v) is 6.11. The Balaban J connectivity index is 2.24. The zero-order valence-electron chi connectivity index (χ0n) is 13.9.